The predicted molar refractivity (Wildman–Crippen MR) is 145 cm³/mol. The molecule has 0 aliphatic heterocycles. The Morgan fingerprint density at radius 1 is 0.576 bits per heavy atom. The molecular weight excluding hydrogens is 446 g/mol. The zero-order chi connectivity index (χ0) is 25.2. The van der Waals surface area contributed by atoms with E-state index >= 15 is 0 Å². The van der Waals surface area contributed by atoms with E-state index in [1.54, 1.807) is 0 Å². The normalized spacial score (nSPS) is 13.0. The van der Waals surface area contributed by atoms with E-state index in [1.807, 2.05) is 48.5 Å². The molecule has 0 bridgehead atoms. The molecule has 0 heterocycles. The van der Waals surface area contributed by atoms with Gasteiger partial charge in [0.2, 0.25) is 0 Å². The Labute approximate surface area is 202 Å². The van der Waals surface area contributed by atoms with E-state index in [4.69, 9.17) is 13.9 Å². The van der Waals surface area contributed by atoms with Gasteiger partial charge in [0.1, 0.15) is 11.5 Å². The van der Waals surface area contributed by atoms with E-state index in [1.165, 1.54) is 10.4 Å². The summed E-state index contributed by atoms with van der Waals surface area (Å²) >= 11 is 0. The summed E-state index contributed by atoms with van der Waals surface area (Å²) in [6, 6.07) is 15.4. The molecule has 2 aromatic rings. The molecule has 2 rings (SSSR count). The molecule has 0 aliphatic rings. The summed E-state index contributed by atoms with van der Waals surface area (Å²) in [7, 11) is -6.62. The molecule has 0 fully saturated rings. The van der Waals surface area contributed by atoms with Crippen LogP contribution in [0.4, 0.5) is 0 Å². The van der Waals surface area contributed by atoms with E-state index in [2.05, 4.69) is 67.7 Å². The average Bonchev–Trinajstić information content (AvgIpc) is 2.66. The van der Waals surface area contributed by atoms with E-state index in [9.17, 15) is 10.0 Å². The largest absolute Gasteiger partial charge is 0.699 e. The van der Waals surface area contributed by atoms with Crippen LogP contribution in [-0.2, 0) is 4.57 Å². The minimum atomic E-state index is -1.66. The van der Waals surface area contributed by atoms with Crippen molar-refractivity contribution < 1.29 is 23.9 Å². The van der Waals surface area contributed by atoms with Crippen LogP contribution in [0.25, 0.3) is 0 Å². The van der Waals surface area contributed by atoms with Crippen molar-refractivity contribution in [2.24, 2.45) is 0 Å². The standard InChI is InChI=1S/C24H40B2O5Si2/c1-23(2,3)32(7,8)21-15-11-19(12-16-21)29-25(27)31-26(28)30-20-13-17-22(18-14-20)33(9,10)24(4,5)6/h11-18,27-28H,1-10H3. The van der Waals surface area contributed by atoms with Gasteiger partial charge in [0, 0.05) is 0 Å². The van der Waals surface area contributed by atoms with Gasteiger partial charge in [-0.05, 0) is 34.3 Å². The summed E-state index contributed by atoms with van der Waals surface area (Å²) in [5, 5.41) is 23.2. The average molecular weight is 486 g/mol. The van der Waals surface area contributed by atoms with Gasteiger partial charge < -0.3 is 23.9 Å². The topological polar surface area (TPSA) is 68.2 Å². The number of benzene rings is 2. The fourth-order valence-electron chi connectivity index (χ4n) is 3.15. The molecular formula is C24H40B2O5Si2. The molecule has 0 saturated heterocycles. The van der Waals surface area contributed by atoms with E-state index in [-0.39, 0.29) is 10.1 Å². The van der Waals surface area contributed by atoms with Crippen molar-refractivity contribution in [1.82, 2.24) is 0 Å². The van der Waals surface area contributed by atoms with E-state index < -0.39 is 30.8 Å². The Balaban J connectivity index is 1.94. The molecule has 180 valence electrons. The van der Waals surface area contributed by atoms with Crippen molar-refractivity contribution in [2.45, 2.75) is 77.8 Å². The second-order valence-electron chi connectivity index (χ2n) is 11.8. The molecule has 0 radical (unpaired) electrons. The maximum Gasteiger partial charge on any atom is 0.699 e. The van der Waals surface area contributed by atoms with Gasteiger partial charge in [0.15, 0.2) is 0 Å². The van der Waals surface area contributed by atoms with Gasteiger partial charge in [0.05, 0.1) is 16.1 Å². The number of hydrogen-bond donors (Lipinski definition) is 2. The van der Waals surface area contributed by atoms with Crippen LogP contribution in [0.2, 0.25) is 36.3 Å². The Morgan fingerprint density at radius 3 is 1.09 bits per heavy atom. The molecule has 0 amide bonds. The molecule has 0 saturated carbocycles. The van der Waals surface area contributed by atoms with E-state index in [0.717, 1.165) is 0 Å². The predicted octanol–water partition coefficient (Wildman–Crippen LogP) is 4.55. The summed E-state index contributed by atoms with van der Waals surface area (Å²) < 4.78 is 15.8. The van der Waals surface area contributed by atoms with Crippen LogP contribution in [0.3, 0.4) is 0 Å². The highest BCUT2D eigenvalue weighted by atomic mass is 28.3. The van der Waals surface area contributed by atoms with Crippen LogP contribution in [0.15, 0.2) is 48.5 Å². The van der Waals surface area contributed by atoms with Crippen LogP contribution in [-0.4, -0.2) is 40.8 Å². The molecule has 33 heavy (non-hydrogen) atoms. The van der Waals surface area contributed by atoms with Crippen LogP contribution in [0.5, 0.6) is 11.5 Å². The first-order chi connectivity index (χ1) is 14.9. The van der Waals surface area contributed by atoms with Gasteiger partial charge in [-0.2, -0.15) is 0 Å². The summed E-state index contributed by atoms with van der Waals surface area (Å²) in [6.45, 7) is 23.0. The Hall–Kier alpha value is -1.52. The van der Waals surface area contributed by atoms with Gasteiger partial charge in [-0.3, -0.25) is 0 Å². The van der Waals surface area contributed by atoms with Gasteiger partial charge in [-0.1, -0.05) is 102 Å². The van der Waals surface area contributed by atoms with Crippen LogP contribution >= 0.6 is 0 Å². The zero-order valence-electron chi connectivity index (χ0n) is 21.9. The molecule has 0 atom stereocenters. The molecule has 0 aromatic heterocycles. The Kier molecular flexibility index (Phi) is 8.40. The maximum absolute atomic E-state index is 10.1. The summed E-state index contributed by atoms with van der Waals surface area (Å²) in [6.07, 6.45) is 0. The van der Waals surface area contributed by atoms with Gasteiger partial charge in [0.25, 0.3) is 0 Å². The number of hydrogen-bond acceptors (Lipinski definition) is 5. The second kappa shape index (κ2) is 10.00. The number of rotatable bonds is 8. The lowest BCUT2D eigenvalue weighted by molar-refractivity contribution is 0.225. The third-order valence-electron chi connectivity index (χ3n) is 7.61. The maximum atomic E-state index is 10.1. The molecule has 0 aliphatic carbocycles. The minimum absolute atomic E-state index is 0.225. The monoisotopic (exact) mass is 486 g/mol. The molecule has 5 nitrogen and oxygen atoms in total. The van der Waals surface area contributed by atoms with Gasteiger partial charge >= 0.3 is 14.6 Å². The van der Waals surface area contributed by atoms with Crippen LogP contribution < -0.4 is 19.7 Å². The molecule has 0 unspecified atom stereocenters. The third-order valence-corrected chi connectivity index (χ3v) is 18.7. The smallest absolute Gasteiger partial charge is 0.513 e. The molecule has 9 heteroatoms. The van der Waals surface area contributed by atoms with Crippen LogP contribution in [0.1, 0.15) is 41.5 Å². The molecule has 0 spiro atoms. The Bertz CT molecular complexity index is 829. The quantitative estimate of drug-likeness (QED) is 0.537. The van der Waals surface area contributed by atoms with Gasteiger partial charge in [-0.15, -0.1) is 0 Å². The second-order valence-corrected chi connectivity index (χ2v) is 22.4. The lowest BCUT2D eigenvalue weighted by Gasteiger charge is -2.37. The molecule has 2 aromatic carbocycles. The minimum Gasteiger partial charge on any atom is -0.513 e. The van der Waals surface area contributed by atoms with Crippen molar-refractivity contribution >= 4 is 41.2 Å². The lowest BCUT2D eigenvalue weighted by Crippen LogP contribution is -2.49. The fourth-order valence-corrected chi connectivity index (χ4v) is 6.89. The highest BCUT2D eigenvalue weighted by molar-refractivity contribution is 6.92. The first-order valence-electron chi connectivity index (χ1n) is 11.5. The lowest BCUT2D eigenvalue weighted by atomic mass is 10.1. The van der Waals surface area contributed by atoms with Crippen molar-refractivity contribution in [3.8, 4) is 11.5 Å². The SMILES string of the molecule is CC(C)(C)[Si](C)(C)c1ccc(OB(O)OB(O)Oc2ccc([Si](C)(C)C(C)(C)C)cc2)cc1. The Morgan fingerprint density at radius 2 is 0.848 bits per heavy atom. The summed E-state index contributed by atoms with van der Waals surface area (Å²) in [5.74, 6) is 0.909. The highest BCUT2D eigenvalue weighted by Crippen LogP contribution is 2.36. The molecule has 2 N–H and O–H groups in total. The van der Waals surface area contributed by atoms with Crippen molar-refractivity contribution in [1.29, 1.82) is 0 Å². The van der Waals surface area contributed by atoms with E-state index in [0.29, 0.717) is 11.5 Å². The van der Waals surface area contributed by atoms with Crippen molar-refractivity contribution in [3.05, 3.63) is 48.5 Å². The fraction of sp³-hybridized carbons (Fsp3) is 0.500. The third kappa shape index (κ3) is 6.76. The first-order valence-corrected chi connectivity index (χ1v) is 17.5. The zero-order valence-corrected chi connectivity index (χ0v) is 23.9. The van der Waals surface area contributed by atoms with Gasteiger partial charge in [-0.25, -0.2) is 0 Å². The summed E-state index contributed by atoms with van der Waals surface area (Å²) in [4.78, 5) is 0. The van der Waals surface area contributed by atoms with Crippen molar-refractivity contribution in [2.75, 3.05) is 0 Å². The van der Waals surface area contributed by atoms with Crippen LogP contribution in [0, 0.1) is 0 Å². The van der Waals surface area contributed by atoms with Crippen molar-refractivity contribution in [3.63, 3.8) is 0 Å². The summed E-state index contributed by atoms with van der Waals surface area (Å²) in [5.41, 5.74) is 0. The first kappa shape index (κ1) is 27.7. The highest BCUT2D eigenvalue weighted by Gasteiger charge is 2.38.